The van der Waals surface area contributed by atoms with Crippen LogP contribution in [0.4, 0.5) is 21.8 Å². The van der Waals surface area contributed by atoms with E-state index in [1.165, 1.54) is 30.9 Å². The summed E-state index contributed by atoms with van der Waals surface area (Å²) >= 11 is 0. The molecule has 1 heterocycles. The molecular weight excluding hydrogens is 443 g/mol. The Morgan fingerprint density at radius 2 is 1.79 bits per heavy atom. The minimum atomic E-state index is -0.733. The SMILES string of the molecule is COc1cc(Nc2nnc(C(=O)Nc3ccc([C@H]4CC[C@H](CC(=O)O)CC4)cc3)o2)ccc1F. The lowest BCUT2D eigenvalue weighted by molar-refractivity contribution is -0.138. The highest BCUT2D eigenvalue weighted by Crippen LogP contribution is 2.37. The van der Waals surface area contributed by atoms with Crippen molar-refractivity contribution in [3.63, 3.8) is 0 Å². The molecule has 1 aromatic heterocycles. The lowest BCUT2D eigenvalue weighted by Gasteiger charge is -2.28. The second-order valence-electron chi connectivity index (χ2n) is 8.28. The third-order valence-electron chi connectivity index (χ3n) is 5.97. The Bertz CT molecular complexity index is 1160. The fourth-order valence-corrected chi connectivity index (χ4v) is 4.20. The minimum Gasteiger partial charge on any atom is -0.494 e. The summed E-state index contributed by atoms with van der Waals surface area (Å²) < 4.78 is 23.8. The summed E-state index contributed by atoms with van der Waals surface area (Å²) in [7, 11) is 1.36. The molecular formula is C24H25FN4O5. The number of carboxylic acid groups (broad SMARTS) is 1. The van der Waals surface area contributed by atoms with Gasteiger partial charge in [0.1, 0.15) is 0 Å². The average molecular weight is 468 g/mol. The number of hydrogen-bond donors (Lipinski definition) is 3. The molecule has 1 aliphatic carbocycles. The first kappa shape index (κ1) is 23.2. The largest absolute Gasteiger partial charge is 0.494 e. The quantitative estimate of drug-likeness (QED) is 0.423. The topological polar surface area (TPSA) is 127 Å². The molecule has 1 amide bonds. The maximum Gasteiger partial charge on any atom is 0.320 e. The Hall–Kier alpha value is -3.95. The van der Waals surface area contributed by atoms with E-state index < -0.39 is 17.7 Å². The Balaban J connectivity index is 1.32. The van der Waals surface area contributed by atoms with Crippen LogP contribution in [-0.2, 0) is 4.79 Å². The molecule has 3 N–H and O–H groups in total. The molecule has 1 saturated carbocycles. The van der Waals surface area contributed by atoms with E-state index in [2.05, 4.69) is 20.8 Å². The maximum absolute atomic E-state index is 13.5. The zero-order valence-corrected chi connectivity index (χ0v) is 18.6. The minimum absolute atomic E-state index is 0.0207. The van der Waals surface area contributed by atoms with Crippen LogP contribution >= 0.6 is 0 Å². The van der Waals surface area contributed by atoms with Crippen LogP contribution in [-0.4, -0.2) is 34.3 Å². The van der Waals surface area contributed by atoms with Crippen LogP contribution in [0.5, 0.6) is 5.75 Å². The fraction of sp³-hybridized carbons (Fsp3) is 0.333. The molecule has 1 fully saturated rings. The number of carbonyl (C=O) groups excluding carboxylic acids is 1. The number of nitrogens with one attached hydrogen (secondary N) is 2. The summed E-state index contributed by atoms with van der Waals surface area (Å²) in [5, 5.41) is 22.0. The van der Waals surface area contributed by atoms with E-state index in [9.17, 15) is 14.0 Å². The summed E-state index contributed by atoms with van der Waals surface area (Å²) in [5.74, 6) is -1.31. The molecule has 10 heteroatoms. The number of halogens is 1. The van der Waals surface area contributed by atoms with Gasteiger partial charge in [-0.1, -0.05) is 17.2 Å². The van der Waals surface area contributed by atoms with Gasteiger partial charge in [-0.25, -0.2) is 4.39 Å². The number of aromatic nitrogens is 2. The lowest BCUT2D eigenvalue weighted by atomic mass is 9.77. The van der Waals surface area contributed by atoms with Crippen molar-refractivity contribution in [2.75, 3.05) is 17.7 Å². The number of rotatable bonds is 8. The van der Waals surface area contributed by atoms with Gasteiger partial charge < -0.3 is 24.9 Å². The van der Waals surface area contributed by atoms with E-state index >= 15 is 0 Å². The third-order valence-corrected chi connectivity index (χ3v) is 5.97. The second-order valence-corrected chi connectivity index (χ2v) is 8.28. The van der Waals surface area contributed by atoms with E-state index in [-0.39, 0.29) is 30.0 Å². The number of amides is 1. The van der Waals surface area contributed by atoms with E-state index in [0.717, 1.165) is 25.7 Å². The zero-order valence-electron chi connectivity index (χ0n) is 18.6. The zero-order chi connectivity index (χ0) is 24.1. The second kappa shape index (κ2) is 10.3. The van der Waals surface area contributed by atoms with Crippen LogP contribution < -0.4 is 15.4 Å². The van der Waals surface area contributed by atoms with Gasteiger partial charge in [0.05, 0.1) is 7.11 Å². The summed E-state index contributed by atoms with van der Waals surface area (Å²) in [4.78, 5) is 23.4. The summed E-state index contributed by atoms with van der Waals surface area (Å²) in [6.45, 7) is 0. The summed E-state index contributed by atoms with van der Waals surface area (Å²) in [5.41, 5.74) is 2.22. The van der Waals surface area contributed by atoms with E-state index in [1.807, 2.05) is 24.3 Å². The summed E-state index contributed by atoms with van der Waals surface area (Å²) in [6, 6.07) is 11.7. The predicted molar refractivity (Wildman–Crippen MR) is 122 cm³/mol. The lowest BCUT2D eigenvalue weighted by Crippen LogP contribution is -2.16. The van der Waals surface area contributed by atoms with Crippen LogP contribution in [0.1, 0.15) is 54.3 Å². The van der Waals surface area contributed by atoms with Crippen molar-refractivity contribution in [2.24, 2.45) is 5.92 Å². The van der Waals surface area contributed by atoms with Crippen LogP contribution in [0.2, 0.25) is 0 Å². The molecule has 3 aromatic rings. The molecule has 9 nitrogen and oxygen atoms in total. The van der Waals surface area contributed by atoms with Gasteiger partial charge in [-0.2, -0.15) is 0 Å². The molecule has 0 aliphatic heterocycles. The third kappa shape index (κ3) is 5.69. The van der Waals surface area contributed by atoms with Crippen LogP contribution in [0.25, 0.3) is 0 Å². The van der Waals surface area contributed by atoms with Crippen molar-refractivity contribution in [3.8, 4) is 5.75 Å². The molecule has 0 atom stereocenters. The number of anilines is 3. The van der Waals surface area contributed by atoms with Crippen LogP contribution in [0.3, 0.4) is 0 Å². The van der Waals surface area contributed by atoms with Gasteiger partial charge >= 0.3 is 23.8 Å². The molecule has 0 unspecified atom stereocenters. The molecule has 2 aromatic carbocycles. The predicted octanol–water partition coefficient (Wildman–Crippen LogP) is 4.96. The first-order valence-electron chi connectivity index (χ1n) is 11.0. The maximum atomic E-state index is 13.5. The molecule has 0 spiro atoms. The first-order valence-corrected chi connectivity index (χ1v) is 11.0. The van der Waals surface area contributed by atoms with E-state index in [4.69, 9.17) is 14.3 Å². The fourth-order valence-electron chi connectivity index (χ4n) is 4.20. The van der Waals surface area contributed by atoms with Crippen molar-refractivity contribution in [3.05, 3.63) is 59.7 Å². The standard InChI is InChI=1S/C24H25FN4O5/c1-33-20-13-18(10-11-19(20)25)27-24-29-28-23(34-24)22(32)26-17-8-6-16(7-9-17)15-4-2-14(3-5-15)12-21(30)31/h6-11,13-15H,2-5,12H2,1H3,(H,26,32)(H,27,29)(H,30,31)/t14-,15-. The first-order chi connectivity index (χ1) is 16.4. The molecule has 1 aliphatic rings. The van der Waals surface area contributed by atoms with E-state index in [0.29, 0.717) is 17.3 Å². The van der Waals surface area contributed by atoms with Crippen LogP contribution in [0.15, 0.2) is 46.9 Å². The number of ether oxygens (including phenoxy) is 1. The van der Waals surface area contributed by atoms with Gasteiger partial charge in [-0.3, -0.25) is 9.59 Å². The molecule has 0 saturated heterocycles. The number of methoxy groups -OCH3 is 1. The van der Waals surface area contributed by atoms with Gasteiger partial charge in [-0.15, -0.1) is 5.10 Å². The highest BCUT2D eigenvalue weighted by Gasteiger charge is 2.24. The van der Waals surface area contributed by atoms with Crippen LogP contribution in [0, 0.1) is 11.7 Å². The Labute approximate surface area is 195 Å². The molecule has 34 heavy (non-hydrogen) atoms. The Kier molecular flexibility index (Phi) is 7.05. The molecule has 0 bridgehead atoms. The monoisotopic (exact) mass is 468 g/mol. The Morgan fingerprint density at radius 1 is 1.09 bits per heavy atom. The van der Waals surface area contributed by atoms with Gasteiger partial charge in [0.25, 0.3) is 0 Å². The number of hydrogen-bond acceptors (Lipinski definition) is 7. The Morgan fingerprint density at radius 3 is 2.47 bits per heavy atom. The highest BCUT2D eigenvalue weighted by molar-refractivity contribution is 6.00. The van der Waals surface area contributed by atoms with Gasteiger partial charge in [0.15, 0.2) is 11.6 Å². The van der Waals surface area contributed by atoms with Gasteiger partial charge in [0.2, 0.25) is 0 Å². The molecule has 178 valence electrons. The van der Waals surface area contributed by atoms with Crippen molar-refractivity contribution < 1.29 is 28.2 Å². The van der Waals surface area contributed by atoms with Crippen molar-refractivity contribution >= 4 is 29.3 Å². The van der Waals surface area contributed by atoms with Gasteiger partial charge in [-0.05, 0) is 67.3 Å². The number of carboxylic acids is 1. The molecule has 4 rings (SSSR count). The molecule has 0 radical (unpaired) electrons. The normalized spacial score (nSPS) is 17.7. The smallest absolute Gasteiger partial charge is 0.320 e. The highest BCUT2D eigenvalue weighted by atomic mass is 19.1. The number of benzene rings is 2. The number of nitrogens with zero attached hydrogens (tertiary/aromatic N) is 2. The number of aliphatic carboxylic acids is 1. The van der Waals surface area contributed by atoms with E-state index in [1.54, 1.807) is 0 Å². The van der Waals surface area contributed by atoms with Crippen molar-refractivity contribution in [1.82, 2.24) is 10.2 Å². The average Bonchev–Trinajstić information content (AvgIpc) is 3.30. The van der Waals surface area contributed by atoms with Crippen molar-refractivity contribution in [1.29, 1.82) is 0 Å². The summed E-state index contributed by atoms with van der Waals surface area (Å²) in [6.07, 6.45) is 3.98. The van der Waals surface area contributed by atoms with Crippen molar-refractivity contribution in [2.45, 2.75) is 38.0 Å². The number of carbonyl (C=O) groups is 2. The van der Waals surface area contributed by atoms with Gasteiger partial charge in [0, 0.05) is 23.9 Å².